The average Bonchev–Trinajstić information content (AvgIpc) is 2.35. The van der Waals surface area contributed by atoms with E-state index in [-0.39, 0.29) is 17.1 Å². The number of rotatable bonds is 7. The monoisotopic (exact) mass is 365 g/mol. The fourth-order valence-corrected chi connectivity index (χ4v) is 3.72. The number of ether oxygens (including phenoxy) is 1. The number of halogens is 1. The molecule has 0 spiro atoms. The van der Waals surface area contributed by atoms with Gasteiger partial charge in [0.1, 0.15) is 0 Å². The van der Waals surface area contributed by atoms with E-state index < -0.39 is 22.0 Å². The topological polar surface area (TPSA) is 92.7 Å². The van der Waals surface area contributed by atoms with E-state index >= 15 is 0 Å². The molecule has 0 aliphatic carbocycles. The predicted molar refractivity (Wildman–Crippen MR) is 77.4 cm³/mol. The summed E-state index contributed by atoms with van der Waals surface area (Å²) < 4.78 is 32.3. The number of carboxylic acid groups (broad SMARTS) is 1. The van der Waals surface area contributed by atoms with E-state index in [1.807, 2.05) is 6.92 Å². The second-order valence-corrected chi connectivity index (χ2v) is 6.67. The first-order chi connectivity index (χ1) is 9.27. The van der Waals surface area contributed by atoms with Crippen molar-refractivity contribution in [3.63, 3.8) is 0 Å². The van der Waals surface area contributed by atoms with Gasteiger partial charge in [-0.15, -0.1) is 0 Å². The van der Waals surface area contributed by atoms with E-state index in [0.717, 1.165) is 6.07 Å². The van der Waals surface area contributed by atoms with Crippen LogP contribution in [0, 0.1) is 0 Å². The van der Waals surface area contributed by atoms with E-state index in [0.29, 0.717) is 11.1 Å². The van der Waals surface area contributed by atoms with Crippen molar-refractivity contribution in [2.45, 2.75) is 24.8 Å². The van der Waals surface area contributed by atoms with Crippen molar-refractivity contribution in [1.29, 1.82) is 0 Å². The maximum absolute atomic E-state index is 12.2. The molecule has 6 nitrogen and oxygen atoms in total. The van der Waals surface area contributed by atoms with Crippen LogP contribution in [0.2, 0.25) is 0 Å². The van der Waals surface area contributed by atoms with Gasteiger partial charge in [0, 0.05) is 17.1 Å². The Kier molecular flexibility index (Phi) is 6.12. The number of hydrogen-bond acceptors (Lipinski definition) is 4. The molecular weight excluding hydrogens is 350 g/mol. The summed E-state index contributed by atoms with van der Waals surface area (Å²) in [5.41, 5.74) is -0.0916. The summed E-state index contributed by atoms with van der Waals surface area (Å²) in [5.74, 6) is -1.18. The Morgan fingerprint density at radius 1 is 1.50 bits per heavy atom. The van der Waals surface area contributed by atoms with Crippen LogP contribution in [0.15, 0.2) is 27.6 Å². The third-order valence-electron chi connectivity index (χ3n) is 2.40. The largest absolute Gasteiger partial charge is 0.478 e. The lowest BCUT2D eigenvalue weighted by Crippen LogP contribution is -2.36. The summed E-state index contributed by atoms with van der Waals surface area (Å²) in [4.78, 5) is 10.8. The zero-order valence-corrected chi connectivity index (χ0v) is 13.5. The van der Waals surface area contributed by atoms with Crippen molar-refractivity contribution < 1.29 is 23.1 Å². The average molecular weight is 366 g/mol. The molecular formula is C12H16BrNO5S. The normalized spacial score (nSPS) is 13.2. The highest BCUT2D eigenvalue weighted by Gasteiger charge is 2.21. The Morgan fingerprint density at radius 3 is 2.70 bits per heavy atom. The minimum Gasteiger partial charge on any atom is -0.478 e. The molecule has 0 aromatic heterocycles. The molecule has 8 heteroatoms. The lowest BCUT2D eigenvalue weighted by Gasteiger charge is -2.15. The van der Waals surface area contributed by atoms with E-state index in [4.69, 9.17) is 9.84 Å². The number of hydrogen-bond donors (Lipinski definition) is 2. The van der Waals surface area contributed by atoms with Gasteiger partial charge in [-0.2, -0.15) is 0 Å². The summed E-state index contributed by atoms with van der Waals surface area (Å²) in [7, 11) is -3.82. The van der Waals surface area contributed by atoms with Crippen LogP contribution in [0.1, 0.15) is 24.2 Å². The molecule has 0 aliphatic rings. The SMILES string of the molecule is CCOCC(C)NS(=O)(=O)c1cc(C(=O)O)ccc1Br. The number of nitrogens with one attached hydrogen (secondary N) is 1. The molecule has 0 radical (unpaired) electrons. The fraction of sp³-hybridized carbons (Fsp3) is 0.417. The molecule has 2 N–H and O–H groups in total. The summed E-state index contributed by atoms with van der Waals surface area (Å²) in [6.07, 6.45) is 0. The van der Waals surface area contributed by atoms with Crippen LogP contribution in [-0.2, 0) is 14.8 Å². The van der Waals surface area contributed by atoms with Crippen molar-refractivity contribution in [2.24, 2.45) is 0 Å². The molecule has 1 unspecified atom stereocenters. The molecule has 1 aromatic carbocycles. The highest BCUT2D eigenvalue weighted by molar-refractivity contribution is 9.10. The van der Waals surface area contributed by atoms with Crippen molar-refractivity contribution in [3.05, 3.63) is 28.2 Å². The van der Waals surface area contributed by atoms with Gasteiger partial charge in [-0.05, 0) is 48.0 Å². The summed E-state index contributed by atoms with van der Waals surface area (Å²) >= 11 is 3.11. The van der Waals surface area contributed by atoms with Gasteiger partial charge in [0.2, 0.25) is 10.0 Å². The minimum atomic E-state index is -3.82. The van der Waals surface area contributed by atoms with Crippen LogP contribution in [0.3, 0.4) is 0 Å². The molecule has 1 atom stereocenters. The first-order valence-electron chi connectivity index (χ1n) is 5.91. The maximum Gasteiger partial charge on any atom is 0.335 e. The minimum absolute atomic E-state index is 0.0916. The summed E-state index contributed by atoms with van der Waals surface area (Å²) in [5, 5.41) is 8.91. The molecule has 0 saturated heterocycles. The molecule has 1 rings (SSSR count). The Labute approximate surface area is 126 Å². The molecule has 0 saturated carbocycles. The van der Waals surface area contributed by atoms with Crippen LogP contribution in [-0.4, -0.2) is 38.7 Å². The summed E-state index contributed by atoms with van der Waals surface area (Å²) in [6.45, 7) is 4.21. The molecule has 0 aliphatic heterocycles. The van der Waals surface area contributed by atoms with Gasteiger partial charge < -0.3 is 9.84 Å². The van der Waals surface area contributed by atoms with Gasteiger partial charge in [-0.1, -0.05) is 0 Å². The Hall–Kier alpha value is -0.960. The first-order valence-corrected chi connectivity index (χ1v) is 8.18. The smallest absolute Gasteiger partial charge is 0.335 e. The molecule has 0 amide bonds. The number of aromatic carboxylic acids is 1. The van der Waals surface area contributed by atoms with Crippen LogP contribution < -0.4 is 4.72 Å². The third kappa shape index (κ3) is 4.55. The molecule has 0 heterocycles. The van der Waals surface area contributed by atoms with E-state index in [9.17, 15) is 13.2 Å². The lowest BCUT2D eigenvalue weighted by atomic mass is 10.2. The second kappa shape index (κ2) is 7.16. The number of sulfonamides is 1. The van der Waals surface area contributed by atoms with E-state index in [2.05, 4.69) is 20.7 Å². The fourth-order valence-electron chi connectivity index (χ4n) is 1.50. The highest BCUT2D eigenvalue weighted by Crippen LogP contribution is 2.23. The van der Waals surface area contributed by atoms with Crippen molar-refractivity contribution >= 4 is 31.9 Å². The highest BCUT2D eigenvalue weighted by atomic mass is 79.9. The van der Waals surface area contributed by atoms with Gasteiger partial charge in [-0.25, -0.2) is 17.9 Å². The zero-order chi connectivity index (χ0) is 15.3. The van der Waals surface area contributed by atoms with Crippen molar-refractivity contribution in [2.75, 3.05) is 13.2 Å². The molecule has 20 heavy (non-hydrogen) atoms. The standard InChI is InChI=1S/C12H16BrNO5S/c1-3-19-7-8(2)14-20(17,18)11-6-9(12(15)16)4-5-10(11)13/h4-6,8,14H,3,7H2,1-2H3,(H,15,16). The van der Waals surface area contributed by atoms with Gasteiger partial charge in [0.05, 0.1) is 17.1 Å². The van der Waals surface area contributed by atoms with Gasteiger partial charge in [0.25, 0.3) is 0 Å². The number of carboxylic acids is 1. The van der Waals surface area contributed by atoms with Gasteiger partial charge >= 0.3 is 5.97 Å². The molecule has 112 valence electrons. The molecule has 0 fully saturated rings. The van der Waals surface area contributed by atoms with E-state index in [1.54, 1.807) is 6.92 Å². The Balaban J connectivity index is 3.03. The first kappa shape index (κ1) is 17.1. The zero-order valence-electron chi connectivity index (χ0n) is 11.1. The molecule has 1 aromatic rings. The van der Waals surface area contributed by atoms with Crippen LogP contribution in [0.25, 0.3) is 0 Å². The van der Waals surface area contributed by atoms with Gasteiger partial charge in [0.15, 0.2) is 0 Å². The number of benzene rings is 1. The maximum atomic E-state index is 12.2. The summed E-state index contributed by atoms with van der Waals surface area (Å²) in [6, 6.07) is 3.42. The van der Waals surface area contributed by atoms with Gasteiger partial charge in [-0.3, -0.25) is 0 Å². The van der Waals surface area contributed by atoms with E-state index in [1.165, 1.54) is 12.1 Å². The Morgan fingerprint density at radius 2 is 2.15 bits per heavy atom. The Bertz CT molecular complexity index is 588. The van der Waals surface area contributed by atoms with Crippen LogP contribution >= 0.6 is 15.9 Å². The molecule has 0 bridgehead atoms. The van der Waals surface area contributed by atoms with Crippen molar-refractivity contribution in [1.82, 2.24) is 4.72 Å². The lowest BCUT2D eigenvalue weighted by molar-refractivity contribution is 0.0696. The second-order valence-electron chi connectivity index (χ2n) is 4.13. The van der Waals surface area contributed by atoms with Crippen LogP contribution in [0.4, 0.5) is 0 Å². The number of carbonyl (C=O) groups is 1. The van der Waals surface area contributed by atoms with Crippen LogP contribution in [0.5, 0.6) is 0 Å². The third-order valence-corrected chi connectivity index (χ3v) is 4.98. The predicted octanol–water partition coefficient (Wildman–Crippen LogP) is 1.85. The quantitative estimate of drug-likeness (QED) is 0.768. The van der Waals surface area contributed by atoms with Crippen molar-refractivity contribution in [3.8, 4) is 0 Å².